The maximum atomic E-state index is 12.0. The average Bonchev–Trinajstić information content (AvgIpc) is 3.33. The van der Waals surface area contributed by atoms with Crippen molar-refractivity contribution >= 4 is 18.0 Å². The van der Waals surface area contributed by atoms with Crippen molar-refractivity contribution in [2.24, 2.45) is 0 Å². The van der Waals surface area contributed by atoms with Crippen LogP contribution >= 0.6 is 7.92 Å². The van der Waals surface area contributed by atoms with Gasteiger partial charge in [-0.15, -0.1) is 7.92 Å². The second-order valence-electron chi connectivity index (χ2n) is 5.22. The van der Waals surface area contributed by atoms with Gasteiger partial charge in [-0.25, -0.2) is 22.5 Å². The molecule has 10 nitrogen and oxygen atoms in total. The Morgan fingerprint density at radius 1 is 0.889 bits per heavy atom. The maximum absolute atomic E-state index is 12.0. The van der Waals surface area contributed by atoms with Gasteiger partial charge in [-0.3, -0.25) is 0 Å². The number of hydrogen-bond acceptors (Lipinski definition) is 6. The average molecular weight is 500 g/mol. The van der Waals surface area contributed by atoms with Gasteiger partial charge in [0.1, 0.15) is 0 Å². The molecule has 0 aliphatic rings. The molecule has 0 aliphatic heterocycles. The van der Waals surface area contributed by atoms with Gasteiger partial charge in [-0.2, -0.15) is 15.3 Å². The van der Waals surface area contributed by atoms with Crippen molar-refractivity contribution in [3.63, 3.8) is 0 Å². The maximum Gasteiger partial charge on any atom is 0 e. The van der Waals surface area contributed by atoms with Gasteiger partial charge in [-0.05, 0) is 38.2 Å². The summed E-state index contributed by atoms with van der Waals surface area (Å²) >= 11 is 0. The summed E-state index contributed by atoms with van der Waals surface area (Å²) in [6.45, 7) is 11.2. The first-order chi connectivity index (χ1) is 12.3. The standard InChI is InChI=1S/C10H10N6O3S.C3H9P.CO.Rh/c17-20(18,19)10(14-7-1-4-11-14,15-8-2-5-12-15)16-9-3-6-13-16;1-4(2)3;1-2;/h1-9H,(H,17,18,19);1-3H3;;/p-1. The van der Waals surface area contributed by atoms with Crippen LogP contribution in [0, 0.1) is 6.65 Å². The molecule has 0 unspecified atom stereocenters. The molecule has 0 saturated carbocycles. The third-order valence-corrected chi connectivity index (χ3v) is 3.98. The first kappa shape index (κ1) is 25.3. The quantitative estimate of drug-likeness (QED) is 0.171. The summed E-state index contributed by atoms with van der Waals surface area (Å²) in [7, 11) is -4.56. The summed E-state index contributed by atoms with van der Waals surface area (Å²) in [4.78, 5) is 0. The van der Waals surface area contributed by atoms with Crippen LogP contribution in [-0.2, 0) is 39.4 Å². The molecule has 3 aromatic heterocycles. The van der Waals surface area contributed by atoms with Crippen LogP contribution in [0.15, 0.2) is 55.4 Å². The topological polar surface area (TPSA) is 131 Å². The zero-order chi connectivity index (χ0) is 19.8. The summed E-state index contributed by atoms with van der Waals surface area (Å²) in [6.07, 6.45) is 8.18. The number of rotatable bonds is 4. The van der Waals surface area contributed by atoms with Crippen LogP contribution < -0.4 is 0 Å². The first-order valence-corrected chi connectivity index (χ1v) is 11.2. The van der Waals surface area contributed by atoms with Crippen molar-refractivity contribution < 1.29 is 37.1 Å². The van der Waals surface area contributed by atoms with E-state index in [0.29, 0.717) is 7.92 Å². The van der Waals surface area contributed by atoms with E-state index in [4.69, 9.17) is 4.65 Å². The molecule has 0 atom stereocenters. The van der Waals surface area contributed by atoms with Gasteiger partial charge >= 0.3 is 16.4 Å². The van der Waals surface area contributed by atoms with E-state index >= 15 is 0 Å². The second kappa shape index (κ2) is 11.2. The first-order valence-electron chi connectivity index (χ1n) is 7.07. The van der Waals surface area contributed by atoms with Crippen LogP contribution in [0.25, 0.3) is 0 Å². The van der Waals surface area contributed by atoms with Gasteiger partial charge in [0, 0.05) is 56.7 Å². The Hall–Kier alpha value is -1.67. The molecule has 0 aliphatic carbocycles. The van der Waals surface area contributed by atoms with E-state index in [1.807, 2.05) is 0 Å². The monoisotopic (exact) mass is 500 g/mol. The molecule has 27 heavy (non-hydrogen) atoms. The van der Waals surface area contributed by atoms with Crippen molar-refractivity contribution in [3.05, 3.63) is 62.0 Å². The zero-order valence-corrected chi connectivity index (χ0v) is 18.1. The van der Waals surface area contributed by atoms with E-state index in [1.54, 1.807) is 0 Å². The van der Waals surface area contributed by atoms with E-state index in [2.05, 4.69) is 41.9 Å². The Kier molecular flexibility index (Phi) is 10.5. The third kappa shape index (κ3) is 5.65. The molecule has 0 fully saturated rings. The molecule has 13 heteroatoms. The molecular formula is C14H18N6O4PRhS-. The summed E-state index contributed by atoms with van der Waals surface area (Å²) in [5, 5.41) is 9.39. The zero-order valence-electron chi connectivity index (χ0n) is 14.7. The van der Waals surface area contributed by atoms with Crippen molar-refractivity contribution in [1.29, 1.82) is 0 Å². The minimum Gasteiger partial charge on any atom is 0 e. The minimum atomic E-state index is -4.94. The molecule has 3 rings (SSSR count). The fourth-order valence-corrected chi connectivity index (χ4v) is 2.99. The molecule has 0 saturated heterocycles. The Morgan fingerprint density at radius 2 is 1.15 bits per heavy atom. The van der Waals surface area contributed by atoms with E-state index in [9.17, 15) is 13.0 Å². The molecule has 0 bridgehead atoms. The Balaban J connectivity index is 0.000000861. The van der Waals surface area contributed by atoms with Crippen LogP contribution in [0.5, 0.6) is 0 Å². The Labute approximate surface area is 171 Å². The van der Waals surface area contributed by atoms with Crippen LogP contribution in [0.2, 0.25) is 0 Å². The fourth-order valence-electron chi connectivity index (χ4n) is 1.98. The minimum absolute atomic E-state index is 0. The predicted molar refractivity (Wildman–Crippen MR) is 93.8 cm³/mol. The molecular weight excluding hydrogens is 482 g/mol. The van der Waals surface area contributed by atoms with Crippen LogP contribution in [0.3, 0.4) is 0 Å². The number of hydrogen-bond donors (Lipinski definition) is 0. The normalized spacial score (nSPS) is 10.8. The summed E-state index contributed by atoms with van der Waals surface area (Å²) in [5.74, 6) is 0. The molecule has 3 aromatic rings. The van der Waals surface area contributed by atoms with Crippen molar-refractivity contribution in [3.8, 4) is 0 Å². The number of aromatic nitrogens is 6. The largest absolute Gasteiger partial charge is 0 e. The van der Waals surface area contributed by atoms with Gasteiger partial charge in [-0.1, -0.05) is 0 Å². The molecule has 149 valence electrons. The number of nitrogens with zero attached hydrogens (tertiary/aromatic N) is 6. The molecule has 1 radical (unpaired) electrons. The van der Waals surface area contributed by atoms with Crippen LogP contribution in [0.4, 0.5) is 0 Å². The van der Waals surface area contributed by atoms with Crippen molar-refractivity contribution in [1.82, 2.24) is 29.3 Å². The van der Waals surface area contributed by atoms with Crippen LogP contribution in [-0.4, -0.2) is 62.3 Å². The second-order valence-corrected chi connectivity index (χ2v) is 9.36. The SMILES string of the molecule is CP(C)C.O=S(=O)([O-])C(n1cccn1)(n1cccn1)n1cccn1.[C-]#[O+].[Rh]. The molecule has 0 aromatic carbocycles. The molecule has 0 amide bonds. The van der Waals surface area contributed by atoms with Gasteiger partial charge < -0.3 is 4.55 Å². The predicted octanol–water partition coefficient (Wildman–Crippen LogP) is 0.803. The van der Waals surface area contributed by atoms with Crippen LogP contribution in [0.1, 0.15) is 0 Å². The van der Waals surface area contributed by atoms with Gasteiger partial charge in [0.05, 0.1) is 0 Å². The van der Waals surface area contributed by atoms with Crippen molar-refractivity contribution in [2.75, 3.05) is 20.0 Å². The van der Waals surface area contributed by atoms with Crippen molar-refractivity contribution in [2.45, 2.75) is 5.12 Å². The fraction of sp³-hybridized carbons (Fsp3) is 0.286. The van der Waals surface area contributed by atoms with Gasteiger partial charge in [0.25, 0.3) is 0 Å². The van der Waals surface area contributed by atoms with Gasteiger partial charge in [0.2, 0.25) is 0 Å². The molecule has 3 heterocycles. The Morgan fingerprint density at radius 3 is 1.30 bits per heavy atom. The van der Waals surface area contributed by atoms with E-state index in [-0.39, 0.29) is 19.5 Å². The van der Waals surface area contributed by atoms with E-state index < -0.39 is 15.2 Å². The molecule has 0 N–H and O–H groups in total. The Bertz CT molecular complexity index is 793. The summed E-state index contributed by atoms with van der Waals surface area (Å²) in [6, 6.07) is 4.52. The van der Waals surface area contributed by atoms with E-state index in [0.717, 1.165) is 14.0 Å². The van der Waals surface area contributed by atoms with E-state index in [1.165, 1.54) is 55.4 Å². The smallest absolute Gasteiger partial charge is 0 e. The summed E-state index contributed by atoms with van der Waals surface area (Å²) in [5.41, 5.74) is 0. The molecule has 0 spiro atoms. The summed E-state index contributed by atoms with van der Waals surface area (Å²) < 4.78 is 46.5. The van der Waals surface area contributed by atoms with Gasteiger partial charge in [0.15, 0.2) is 10.1 Å². The third-order valence-electron chi connectivity index (χ3n) is 2.74.